The van der Waals surface area contributed by atoms with Gasteiger partial charge < -0.3 is 9.47 Å². The van der Waals surface area contributed by atoms with Gasteiger partial charge in [0.1, 0.15) is 5.69 Å². The summed E-state index contributed by atoms with van der Waals surface area (Å²) in [6.45, 7) is 8.36. The summed E-state index contributed by atoms with van der Waals surface area (Å²) >= 11 is 0. The van der Waals surface area contributed by atoms with Crippen LogP contribution in [0, 0.1) is 6.92 Å². The van der Waals surface area contributed by atoms with E-state index in [4.69, 9.17) is 9.47 Å². The maximum Gasteiger partial charge on any atom is 0.356 e. The molecule has 19 heavy (non-hydrogen) atoms. The van der Waals surface area contributed by atoms with E-state index in [-0.39, 0.29) is 5.97 Å². The minimum atomic E-state index is -0.310. The standard InChI is InChI=1S/C14H24N2O3/c1-4-6-9-18-10-7-8-16-13(11-12(3)15-16)14(17)19-5-2/h11H,4-10H2,1-3H3. The summed E-state index contributed by atoms with van der Waals surface area (Å²) < 4.78 is 12.2. The van der Waals surface area contributed by atoms with Crippen molar-refractivity contribution in [3.8, 4) is 0 Å². The molecule has 0 saturated heterocycles. The largest absolute Gasteiger partial charge is 0.461 e. The fourth-order valence-electron chi connectivity index (χ4n) is 1.75. The molecule has 0 fully saturated rings. The van der Waals surface area contributed by atoms with Crippen LogP contribution < -0.4 is 0 Å². The minimum Gasteiger partial charge on any atom is -0.461 e. The number of carbonyl (C=O) groups excluding carboxylic acids is 1. The Balaban J connectivity index is 2.42. The smallest absolute Gasteiger partial charge is 0.356 e. The number of aryl methyl sites for hydroxylation is 2. The first-order valence-electron chi connectivity index (χ1n) is 6.98. The van der Waals surface area contributed by atoms with E-state index in [0.29, 0.717) is 25.5 Å². The Bertz CT molecular complexity index is 388. The van der Waals surface area contributed by atoms with Gasteiger partial charge in [-0.25, -0.2) is 4.79 Å². The third-order valence-electron chi connectivity index (χ3n) is 2.69. The van der Waals surface area contributed by atoms with Crippen molar-refractivity contribution in [2.75, 3.05) is 19.8 Å². The number of hydrogen-bond acceptors (Lipinski definition) is 4. The van der Waals surface area contributed by atoms with Crippen molar-refractivity contribution in [2.45, 2.75) is 46.6 Å². The second kappa shape index (κ2) is 8.69. The number of ether oxygens (including phenoxy) is 2. The van der Waals surface area contributed by atoms with Gasteiger partial charge >= 0.3 is 5.97 Å². The molecule has 0 spiro atoms. The van der Waals surface area contributed by atoms with Crippen LogP contribution in [0.4, 0.5) is 0 Å². The fourth-order valence-corrected chi connectivity index (χ4v) is 1.75. The van der Waals surface area contributed by atoms with Crippen molar-refractivity contribution in [3.63, 3.8) is 0 Å². The highest BCUT2D eigenvalue weighted by atomic mass is 16.5. The van der Waals surface area contributed by atoms with E-state index in [9.17, 15) is 4.79 Å². The van der Waals surface area contributed by atoms with Gasteiger partial charge in [-0.2, -0.15) is 5.10 Å². The molecule has 1 aromatic heterocycles. The third kappa shape index (κ3) is 5.42. The molecule has 0 bridgehead atoms. The molecular weight excluding hydrogens is 244 g/mol. The lowest BCUT2D eigenvalue weighted by molar-refractivity contribution is 0.0510. The molecule has 0 unspecified atom stereocenters. The van der Waals surface area contributed by atoms with E-state index in [0.717, 1.165) is 31.6 Å². The molecule has 0 aromatic carbocycles. The SMILES string of the molecule is CCCCOCCCn1nc(C)cc1C(=O)OCC. The average molecular weight is 268 g/mol. The lowest BCUT2D eigenvalue weighted by Gasteiger charge is -2.07. The number of unbranched alkanes of at least 4 members (excludes halogenated alkanes) is 1. The summed E-state index contributed by atoms with van der Waals surface area (Å²) in [4.78, 5) is 11.7. The third-order valence-corrected chi connectivity index (χ3v) is 2.69. The van der Waals surface area contributed by atoms with Crippen molar-refractivity contribution >= 4 is 5.97 Å². The fraction of sp³-hybridized carbons (Fsp3) is 0.714. The first-order valence-corrected chi connectivity index (χ1v) is 6.98. The van der Waals surface area contributed by atoms with Crippen molar-refractivity contribution in [1.29, 1.82) is 0 Å². The first kappa shape index (κ1) is 15.7. The molecule has 0 atom stereocenters. The molecule has 0 aliphatic rings. The zero-order chi connectivity index (χ0) is 14.1. The van der Waals surface area contributed by atoms with Crippen molar-refractivity contribution in [2.24, 2.45) is 0 Å². The van der Waals surface area contributed by atoms with Gasteiger partial charge in [-0.15, -0.1) is 0 Å². The van der Waals surface area contributed by atoms with E-state index >= 15 is 0 Å². The van der Waals surface area contributed by atoms with Crippen LogP contribution in [0.3, 0.4) is 0 Å². The van der Waals surface area contributed by atoms with E-state index in [1.165, 1.54) is 0 Å². The number of carbonyl (C=O) groups is 1. The van der Waals surface area contributed by atoms with Gasteiger partial charge in [-0.3, -0.25) is 4.68 Å². The molecule has 1 heterocycles. The summed E-state index contributed by atoms with van der Waals surface area (Å²) in [5, 5.41) is 4.31. The van der Waals surface area contributed by atoms with E-state index in [1.807, 2.05) is 6.92 Å². The van der Waals surface area contributed by atoms with Crippen LogP contribution in [-0.4, -0.2) is 35.6 Å². The summed E-state index contributed by atoms with van der Waals surface area (Å²) in [7, 11) is 0. The molecule has 5 heteroatoms. The lowest BCUT2D eigenvalue weighted by Crippen LogP contribution is -2.14. The topological polar surface area (TPSA) is 53.4 Å². The predicted octanol–water partition coefficient (Wildman–Crippen LogP) is 2.58. The number of rotatable bonds is 9. The molecule has 1 rings (SSSR count). The Labute approximate surface area is 114 Å². The summed E-state index contributed by atoms with van der Waals surface area (Å²) in [5.74, 6) is -0.310. The van der Waals surface area contributed by atoms with Gasteiger partial charge in [0.15, 0.2) is 0 Å². The van der Waals surface area contributed by atoms with E-state index in [1.54, 1.807) is 17.7 Å². The Kier molecular flexibility index (Phi) is 7.18. The lowest BCUT2D eigenvalue weighted by atomic mass is 10.3. The maximum absolute atomic E-state index is 11.7. The van der Waals surface area contributed by atoms with Crippen LogP contribution in [0.2, 0.25) is 0 Å². The molecule has 0 N–H and O–H groups in total. The summed E-state index contributed by atoms with van der Waals surface area (Å²) in [6.07, 6.45) is 3.08. The van der Waals surface area contributed by atoms with E-state index < -0.39 is 0 Å². The van der Waals surface area contributed by atoms with Crippen LogP contribution in [-0.2, 0) is 16.0 Å². The second-order valence-electron chi connectivity index (χ2n) is 4.43. The summed E-state index contributed by atoms with van der Waals surface area (Å²) in [6, 6.07) is 1.76. The zero-order valence-corrected chi connectivity index (χ0v) is 12.1. The van der Waals surface area contributed by atoms with Gasteiger partial charge in [0.2, 0.25) is 0 Å². The molecule has 5 nitrogen and oxygen atoms in total. The number of esters is 1. The van der Waals surface area contributed by atoms with Crippen molar-refractivity contribution in [1.82, 2.24) is 9.78 Å². The molecular formula is C14H24N2O3. The van der Waals surface area contributed by atoms with Crippen LogP contribution in [0.15, 0.2) is 6.07 Å². The highest BCUT2D eigenvalue weighted by Crippen LogP contribution is 2.07. The quantitative estimate of drug-likeness (QED) is 0.510. The molecule has 0 aliphatic heterocycles. The first-order chi connectivity index (χ1) is 9.19. The van der Waals surface area contributed by atoms with Gasteiger partial charge in [0.05, 0.1) is 12.3 Å². The van der Waals surface area contributed by atoms with Crippen LogP contribution in [0.1, 0.15) is 49.3 Å². The Morgan fingerprint density at radius 1 is 1.32 bits per heavy atom. The van der Waals surface area contributed by atoms with Crippen LogP contribution in [0.25, 0.3) is 0 Å². The van der Waals surface area contributed by atoms with Gasteiger partial charge in [-0.1, -0.05) is 13.3 Å². The Hall–Kier alpha value is -1.36. The highest BCUT2D eigenvalue weighted by Gasteiger charge is 2.14. The molecule has 1 aromatic rings. The molecule has 108 valence electrons. The van der Waals surface area contributed by atoms with Crippen molar-refractivity contribution in [3.05, 3.63) is 17.5 Å². The van der Waals surface area contributed by atoms with E-state index in [2.05, 4.69) is 12.0 Å². The Morgan fingerprint density at radius 2 is 2.05 bits per heavy atom. The minimum absolute atomic E-state index is 0.310. The molecule has 0 amide bonds. The van der Waals surface area contributed by atoms with Gasteiger partial charge in [0, 0.05) is 19.8 Å². The number of aromatic nitrogens is 2. The number of nitrogens with zero attached hydrogens (tertiary/aromatic N) is 2. The van der Waals surface area contributed by atoms with Crippen LogP contribution in [0.5, 0.6) is 0 Å². The Morgan fingerprint density at radius 3 is 2.74 bits per heavy atom. The maximum atomic E-state index is 11.7. The van der Waals surface area contributed by atoms with Gasteiger partial charge in [0.25, 0.3) is 0 Å². The monoisotopic (exact) mass is 268 g/mol. The molecule has 0 saturated carbocycles. The highest BCUT2D eigenvalue weighted by molar-refractivity contribution is 5.87. The molecule has 0 aliphatic carbocycles. The van der Waals surface area contributed by atoms with Gasteiger partial charge in [-0.05, 0) is 32.8 Å². The molecule has 0 radical (unpaired) electrons. The zero-order valence-electron chi connectivity index (χ0n) is 12.1. The predicted molar refractivity (Wildman–Crippen MR) is 73.3 cm³/mol. The number of hydrogen-bond donors (Lipinski definition) is 0. The average Bonchev–Trinajstić information content (AvgIpc) is 2.75. The van der Waals surface area contributed by atoms with Crippen molar-refractivity contribution < 1.29 is 14.3 Å². The van der Waals surface area contributed by atoms with Crippen LogP contribution >= 0.6 is 0 Å². The second-order valence-corrected chi connectivity index (χ2v) is 4.43. The normalized spacial score (nSPS) is 10.7. The summed E-state index contributed by atoms with van der Waals surface area (Å²) in [5.41, 5.74) is 1.35.